The summed E-state index contributed by atoms with van der Waals surface area (Å²) in [5, 5.41) is 0. The average molecular weight is 157 g/mol. The molecule has 0 unspecified atom stereocenters. The van der Waals surface area contributed by atoms with Gasteiger partial charge in [-0.05, 0) is 26.7 Å². The molecule has 65 valence electrons. The summed E-state index contributed by atoms with van der Waals surface area (Å²) in [5.74, 6) is -0.212. The summed E-state index contributed by atoms with van der Waals surface area (Å²) in [6.07, 6.45) is 1.93. The van der Waals surface area contributed by atoms with Crippen LogP contribution in [0.1, 0.15) is 40.0 Å². The molecule has 0 heterocycles. The van der Waals surface area contributed by atoms with Gasteiger partial charge in [0.1, 0.15) is 5.60 Å². The first kappa shape index (κ1) is 10.5. The zero-order chi connectivity index (χ0) is 8.91. The van der Waals surface area contributed by atoms with E-state index in [0.29, 0.717) is 0 Å². The molecule has 2 nitrogen and oxygen atoms in total. The molecule has 0 aliphatic carbocycles. The Balaban J connectivity index is 3.96. The molecule has 0 N–H and O–H groups in total. The van der Waals surface area contributed by atoms with Gasteiger partial charge in [-0.2, -0.15) is 0 Å². The van der Waals surface area contributed by atoms with Gasteiger partial charge in [-0.1, -0.05) is 13.8 Å². The SMILES string of the molecule is [CH2]CC(=O)OC(C)(CC)CC. The Morgan fingerprint density at radius 2 is 1.91 bits per heavy atom. The second-order valence-corrected chi connectivity index (χ2v) is 2.88. The molecule has 0 atom stereocenters. The maximum atomic E-state index is 10.9. The summed E-state index contributed by atoms with van der Waals surface area (Å²) in [6.45, 7) is 9.44. The monoisotopic (exact) mass is 157 g/mol. The maximum Gasteiger partial charge on any atom is 0.306 e. The topological polar surface area (TPSA) is 26.3 Å². The molecule has 0 bridgehead atoms. The van der Waals surface area contributed by atoms with Crippen molar-refractivity contribution in [2.24, 2.45) is 0 Å². The van der Waals surface area contributed by atoms with Crippen LogP contribution in [-0.2, 0) is 9.53 Å². The van der Waals surface area contributed by atoms with Gasteiger partial charge in [0.25, 0.3) is 0 Å². The fourth-order valence-corrected chi connectivity index (χ4v) is 0.720. The lowest BCUT2D eigenvalue weighted by Gasteiger charge is -2.26. The minimum atomic E-state index is -0.283. The van der Waals surface area contributed by atoms with Crippen LogP contribution in [0, 0.1) is 6.92 Å². The lowest BCUT2D eigenvalue weighted by atomic mass is 10.0. The molecular formula is C9H17O2. The van der Waals surface area contributed by atoms with E-state index in [1.54, 1.807) is 0 Å². The van der Waals surface area contributed by atoms with E-state index in [4.69, 9.17) is 4.74 Å². The van der Waals surface area contributed by atoms with Crippen molar-refractivity contribution >= 4 is 5.97 Å². The Morgan fingerprint density at radius 1 is 1.45 bits per heavy atom. The van der Waals surface area contributed by atoms with Gasteiger partial charge in [-0.3, -0.25) is 4.79 Å². The summed E-state index contributed by atoms with van der Waals surface area (Å²) in [4.78, 5) is 10.9. The summed E-state index contributed by atoms with van der Waals surface area (Å²) in [6, 6.07) is 0. The third kappa shape index (κ3) is 3.40. The molecule has 0 aliphatic heterocycles. The quantitative estimate of drug-likeness (QED) is 0.585. The smallest absolute Gasteiger partial charge is 0.306 e. The molecule has 0 saturated heterocycles. The number of ether oxygens (including phenoxy) is 1. The Bertz CT molecular complexity index is 126. The third-order valence-corrected chi connectivity index (χ3v) is 2.06. The van der Waals surface area contributed by atoms with Crippen molar-refractivity contribution in [2.45, 2.75) is 45.6 Å². The van der Waals surface area contributed by atoms with E-state index in [0.717, 1.165) is 12.8 Å². The zero-order valence-corrected chi connectivity index (χ0v) is 7.64. The fourth-order valence-electron chi connectivity index (χ4n) is 0.720. The number of esters is 1. The highest BCUT2D eigenvalue weighted by atomic mass is 16.6. The number of hydrogen-bond donors (Lipinski definition) is 0. The van der Waals surface area contributed by atoms with Gasteiger partial charge in [0.05, 0.1) is 0 Å². The lowest BCUT2D eigenvalue weighted by molar-refractivity contribution is -0.157. The first-order valence-corrected chi connectivity index (χ1v) is 4.09. The van der Waals surface area contributed by atoms with Gasteiger partial charge in [0, 0.05) is 6.42 Å². The normalized spacial score (nSPS) is 11.3. The number of carbonyl (C=O) groups excluding carboxylic acids is 1. The van der Waals surface area contributed by atoms with E-state index in [9.17, 15) is 4.79 Å². The van der Waals surface area contributed by atoms with E-state index < -0.39 is 0 Å². The zero-order valence-electron chi connectivity index (χ0n) is 7.64. The molecule has 0 amide bonds. The predicted molar refractivity (Wildman–Crippen MR) is 45.1 cm³/mol. The second-order valence-electron chi connectivity index (χ2n) is 2.88. The average Bonchev–Trinajstić information content (AvgIpc) is 2.04. The van der Waals surface area contributed by atoms with Crippen molar-refractivity contribution in [3.05, 3.63) is 6.92 Å². The van der Waals surface area contributed by atoms with Crippen molar-refractivity contribution in [3.8, 4) is 0 Å². The highest BCUT2D eigenvalue weighted by Gasteiger charge is 2.23. The fraction of sp³-hybridized carbons (Fsp3) is 0.778. The summed E-state index contributed by atoms with van der Waals surface area (Å²) in [5.41, 5.74) is -0.283. The standard InChI is InChI=1S/C9H17O2/c1-5-8(10)11-9(4,6-2)7-3/h1,5-7H2,2-4H3. The van der Waals surface area contributed by atoms with Crippen molar-refractivity contribution in [3.63, 3.8) is 0 Å². The molecule has 1 radical (unpaired) electrons. The van der Waals surface area contributed by atoms with E-state index in [-0.39, 0.29) is 18.0 Å². The van der Waals surface area contributed by atoms with Crippen molar-refractivity contribution in [1.29, 1.82) is 0 Å². The second kappa shape index (κ2) is 4.37. The van der Waals surface area contributed by atoms with E-state index >= 15 is 0 Å². The van der Waals surface area contributed by atoms with Gasteiger partial charge in [-0.15, -0.1) is 0 Å². The molecule has 0 aromatic heterocycles. The molecule has 11 heavy (non-hydrogen) atoms. The van der Waals surface area contributed by atoms with Crippen molar-refractivity contribution < 1.29 is 9.53 Å². The van der Waals surface area contributed by atoms with Crippen LogP contribution < -0.4 is 0 Å². The number of hydrogen-bond acceptors (Lipinski definition) is 2. The number of rotatable bonds is 4. The summed E-state index contributed by atoms with van der Waals surface area (Å²) >= 11 is 0. The van der Waals surface area contributed by atoms with Crippen LogP contribution in [0.25, 0.3) is 0 Å². The first-order chi connectivity index (χ1) is 5.08. The van der Waals surface area contributed by atoms with Crippen LogP contribution in [0.5, 0.6) is 0 Å². The molecule has 0 aromatic rings. The molecule has 0 aliphatic rings. The van der Waals surface area contributed by atoms with Crippen LogP contribution in [0.4, 0.5) is 0 Å². The van der Waals surface area contributed by atoms with Crippen molar-refractivity contribution in [1.82, 2.24) is 0 Å². The minimum Gasteiger partial charge on any atom is -0.459 e. The molecule has 0 spiro atoms. The molecule has 0 rings (SSSR count). The van der Waals surface area contributed by atoms with E-state index in [2.05, 4.69) is 6.92 Å². The lowest BCUT2D eigenvalue weighted by Crippen LogP contribution is -2.29. The van der Waals surface area contributed by atoms with Crippen LogP contribution >= 0.6 is 0 Å². The van der Waals surface area contributed by atoms with Crippen LogP contribution in [-0.4, -0.2) is 11.6 Å². The van der Waals surface area contributed by atoms with Crippen LogP contribution in [0.2, 0.25) is 0 Å². The summed E-state index contributed by atoms with van der Waals surface area (Å²) < 4.78 is 5.18. The Kier molecular flexibility index (Phi) is 4.16. The van der Waals surface area contributed by atoms with Crippen LogP contribution in [0.3, 0.4) is 0 Å². The Hall–Kier alpha value is -0.530. The highest BCUT2D eigenvalue weighted by molar-refractivity contribution is 5.70. The predicted octanol–water partition coefficient (Wildman–Crippen LogP) is 2.33. The number of carbonyl (C=O) groups is 1. The van der Waals surface area contributed by atoms with Crippen LogP contribution in [0.15, 0.2) is 0 Å². The molecule has 0 fully saturated rings. The molecular weight excluding hydrogens is 140 g/mol. The van der Waals surface area contributed by atoms with Gasteiger partial charge < -0.3 is 4.74 Å². The minimum absolute atomic E-state index is 0.212. The first-order valence-electron chi connectivity index (χ1n) is 4.09. The largest absolute Gasteiger partial charge is 0.459 e. The molecule has 0 aromatic carbocycles. The van der Waals surface area contributed by atoms with Crippen molar-refractivity contribution in [2.75, 3.05) is 0 Å². The van der Waals surface area contributed by atoms with E-state index in [1.807, 2.05) is 20.8 Å². The molecule has 2 heteroatoms. The third-order valence-electron chi connectivity index (χ3n) is 2.06. The maximum absolute atomic E-state index is 10.9. The summed E-state index contributed by atoms with van der Waals surface area (Å²) in [7, 11) is 0. The van der Waals surface area contributed by atoms with E-state index in [1.165, 1.54) is 0 Å². The highest BCUT2D eigenvalue weighted by Crippen LogP contribution is 2.19. The molecule has 0 saturated carbocycles. The van der Waals surface area contributed by atoms with Gasteiger partial charge in [0.15, 0.2) is 0 Å². The van der Waals surface area contributed by atoms with Gasteiger partial charge in [0.2, 0.25) is 0 Å². The Morgan fingerprint density at radius 3 is 2.18 bits per heavy atom. The Labute approximate surface area is 68.9 Å². The van der Waals surface area contributed by atoms with Gasteiger partial charge >= 0.3 is 5.97 Å². The van der Waals surface area contributed by atoms with Gasteiger partial charge in [-0.25, -0.2) is 0 Å².